The Morgan fingerprint density at radius 2 is 1.84 bits per heavy atom. The Kier molecular flexibility index (Phi) is 9.27. The average molecular weight is 548 g/mol. The van der Waals surface area contributed by atoms with Crippen LogP contribution in [0.5, 0.6) is 0 Å². The molecule has 5 atom stereocenters. The summed E-state index contributed by atoms with van der Waals surface area (Å²) >= 11 is 0. The molecule has 0 aliphatic carbocycles. The number of alkyl carbamates (subject to hydrolysis) is 1. The van der Waals surface area contributed by atoms with Crippen molar-refractivity contribution in [3.63, 3.8) is 0 Å². The summed E-state index contributed by atoms with van der Waals surface area (Å²) in [7, 11) is -3.93. The molecule has 2 aliphatic heterocycles. The topological polar surface area (TPSA) is 140 Å². The lowest BCUT2D eigenvalue weighted by atomic mass is 10.0. The van der Waals surface area contributed by atoms with Gasteiger partial charge < -0.3 is 30.4 Å². The highest BCUT2D eigenvalue weighted by Crippen LogP contribution is 2.33. The maximum atomic E-state index is 13.5. The van der Waals surface area contributed by atoms with Gasteiger partial charge in [-0.3, -0.25) is 0 Å². The van der Waals surface area contributed by atoms with Crippen molar-refractivity contribution in [1.82, 2.24) is 9.62 Å². The van der Waals surface area contributed by atoms with Gasteiger partial charge in [-0.25, -0.2) is 13.2 Å². The van der Waals surface area contributed by atoms with E-state index in [-0.39, 0.29) is 49.1 Å². The fourth-order valence-corrected chi connectivity index (χ4v) is 6.45. The van der Waals surface area contributed by atoms with Gasteiger partial charge in [-0.05, 0) is 48.6 Å². The summed E-state index contributed by atoms with van der Waals surface area (Å²) in [6.45, 7) is 4.58. The van der Waals surface area contributed by atoms with Gasteiger partial charge in [-0.15, -0.1) is 0 Å². The van der Waals surface area contributed by atoms with Crippen molar-refractivity contribution in [2.75, 3.05) is 32.0 Å². The minimum atomic E-state index is -3.93. The Morgan fingerprint density at radius 3 is 2.53 bits per heavy atom. The van der Waals surface area contributed by atoms with E-state index in [0.717, 1.165) is 12.0 Å². The molecular weight excluding hydrogens is 510 g/mol. The van der Waals surface area contributed by atoms with E-state index in [4.69, 9.17) is 19.9 Å². The van der Waals surface area contributed by atoms with E-state index in [1.165, 1.54) is 28.6 Å². The number of nitrogens with zero attached hydrogens (tertiary/aromatic N) is 1. The van der Waals surface area contributed by atoms with Crippen LogP contribution in [0.2, 0.25) is 0 Å². The predicted octanol–water partition coefficient (Wildman–Crippen LogP) is 2.38. The molecule has 0 bridgehead atoms. The van der Waals surface area contributed by atoms with Crippen molar-refractivity contribution in [2.24, 2.45) is 11.8 Å². The van der Waals surface area contributed by atoms with Crippen molar-refractivity contribution < 1.29 is 32.5 Å². The molecule has 2 aromatic rings. The van der Waals surface area contributed by atoms with Crippen LogP contribution in [0.1, 0.15) is 25.8 Å². The van der Waals surface area contributed by atoms with Crippen LogP contribution in [0.15, 0.2) is 59.5 Å². The fraction of sp³-hybridized carbons (Fsp3) is 0.519. The zero-order valence-electron chi connectivity index (χ0n) is 21.7. The lowest BCUT2D eigenvalue weighted by Crippen LogP contribution is -2.51. The van der Waals surface area contributed by atoms with E-state index in [1.54, 1.807) is 0 Å². The number of nitrogen functional groups attached to an aromatic ring is 1. The van der Waals surface area contributed by atoms with Gasteiger partial charge in [0.2, 0.25) is 10.0 Å². The van der Waals surface area contributed by atoms with Gasteiger partial charge in [0.25, 0.3) is 0 Å². The second-order valence-electron chi connectivity index (χ2n) is 10.3. The van der Waals surface area contributed by atoms with Gasteiger partial charge in [-0.1, -0.05) is 44.2 Å². The number of rotatable bonds is 11. The molecule has 2 unspecified atom stereocenters. The number of nitrogens with one attached hydrogen (secondary N) is 1. The first-order valence-corrected chi connectivity index (χ1v) is 14.4. The van der Waals surface area contributed by atoms with Crippen LogP contribution < -0.4 is 11.1 Å². The van der Waals surface area contributed by atoms with Crippen LogP contribution in [-0.2, 0) is 30.7 Å². The van der Waals surface area contributed by atoms with Gasteiger partial charge >= 0.3 is 6.09 Å². The highest BCUT2D eigenvalue weighted by Gasteiger charge is 2.44. The van der Waals surface area contributed by atoms with Crippen LogP contribution in [0.3, 0.4) is 0 Å². The molecule has 4 N–H and O–H groups in total. The number of hydrogen-bond donors (Lipinski definition) is 3. The third-order valence-electron chi connectivity index (χ3n) is 6.79. The van der Waals surface area contributed by atoms with Gasteiger partial charge in [0, 0.05) is 18.8 Å². The molecule has 2 saturated heterocycles. The summed E-state index contributed by atoms with van der Waals surface area (Å²) in [5.74, 6) is -0.0231. The van der Waals surface area contributed by atoms with E-state index < -0.39 is 34.4 Å². The van der Waals surface area contributed by atoms with Crippen molar-refractivity contribution in [1.29, 1.82) is 0 Å². The molecule has 0 saturated carbocycles. The average Bonchev–Trinajstić information content (AvgIpc) is 3.49. The van der Waals surface area contributed by atoms with Crippen LogP contribution in [-0.4, -0.2) is 74.8 Å². The number of hydrogen-bond acceptors (Lipinski definition) is 8. The summed E-state index contributed by atoms with van der Waals surface area (Å²) < 4.78 is 44.9. The first-order chi connectivity index (χ1) is 18.1. The van der Waals surface area contributed by atoms with Gasteiger partial charge in [-0.2, -0.15) is 4.31 Å². The standard InChI is InChI=1S/C27H37N3O7S/c1-18(2)15-30(38(33,34)21-10-8-20(28)9-11-21)16-24(31)23(14-19-6-4-3-5-7-19)29-27(32)37-25-17-36-26-22(25)12-13-35-26/h3-11,18,22-26,31H,12-17,28H2,1-2H3,(H,29,32)/t22?,23-,24?,25-,26+/m0/s1. The molecule has 1 amide bonds. The van der Waals surface area contributed by atoms with Crippen molar-refractivity contribution in [3.8, 4) is 0 Å². The van der Waals surface area contributed by atoms with Crippen LogP contribution >= 0.6 is 0 Å². The second kappa shape index (κ2) is 12.4. The largest absolute Gasteiger partial charge is 0.443 e. The lowest BCUT2D eigenvalue weighted by Gasteiger charge is -2.31. The summed E-state index contributed by atoms with van der Waals surface area (Å²) in [6.07, 6.45) is -1.69. The zero-order chi connectivity index (χ0) is 27.3. The van der Waals surface area contributed by atoms with E-state index in [9.17, 15) is 18.3 Å². The molecule has 0 spiro atoms. The summed E-state index contributed by atoms with van der Waals surface area (Å²) in [5.41, 5.74) is 7.07. The SMILES string of the molecule is CC(C)CN(CC(O)[C@H](Cc1ccccc1)NC(=O)O[C@H]1CO[C@H]2OCCC21)S(=O)(=O)c1ccc(N)cc1. The number of sulfonamides is 1. The van der Waals surface area contributed by atoms with Crippen LogP contribution in [0.4, 0.5) is 10.5 Å². The number of amides is 1. The number of nitrogens with two attached hydrogens (primary N) is 1. The second-order valence-corrected chi connectivity index (χ2v) is 12.2. The molecule has 2 aromatic carbocycles. The van der Waals surface area contributed by atoms with Gasteiger partial charge in [0.05, 0.1) is 36.2 Å². The first-order valence-electron chi connectivity index (χ1n) is 12.9. The Morgan fingerprint density at radius 1 is 1.13 bits per heavy atom. The molecular formula is C27H37N3O7S. The number of carbonyl (C=O) groups excluding carboxylic acids is 1. The summed E-state index contributed by atoms with van der Waals surface area (Å²) in [5, 5.41) is 14.1. The molecule has 2 fully saturated rings. The first kappa shape index (κ1) is 28.3. The van der Waals surface area contributed by atoms with Crippen molar-refractivity contribution in [2.45, 2.75) is 56.1 Å². The third-order valence-corrected chi connectivity index (χ3v) is 8.63. The fourth-order valence-electron chi connectivity index (χ4n) is 4.82. The summed E-state index contributed by atoms with van der Waals surface area (Å²) in [6, 6.07) is 14.5. The lowest BCUT2D eigenvalue weighted by molar-refractivity contribution is -0.0907. The van der Waals surface area contributed by atoms with Gasteiger partial charge in [0.1, 0.15) is 6.10 Å². The number of aliphatic hydroxyl groups excluding tert-OH is 1. The minimum absolute atomic E-state index is 0.000183. The zero-order valence-corrected chi connectivity index (χ0v) is 22.5. The predicted molar refractivity (Wildman–Crippen MR) is 142 cm³/mol. The minimum Gasteiger partial charge on any atom is -0.443 e. The molecule has 11 heteroatoms. The Bertz CT molecular complexity index is 1160. The molecule has 2 aliphatic rings. The number of aliphatic hydroxyl groups is 1. The molecule has 208 valence electrons. The highest BCUT2D eigenvalue weighted by atomic mass is 32.2. The highest BCUT2D eigenvalue weighted by molar-refractivity contribution is 7.89. The smallest absolute Gasteiger partial charge is 0.407 e. The normalized spacial score (nSPS) is 22.8. The molecule has 0 aromatic heterocycles. The van der Waals surface area contributed by atoms with E-state index in [2.05, 4.69) is 5.32 Å². The maximum absolute atomic E-state index is 13.5. The molecule has 0 radical (unpaired) electrons. The van der Waals surface area contributed by atoms with Crippen molar-refractivity contribution >= 4 is 21.8 Å². The third kappa shape index (κ3) is 7.03. The van der Waals surface area contributed by atoms with E-state index in [1.807, 2.05) is 44.2 Å². The van der Waals surface area contributed by atoms with Crippen LogP contribution in [0, 0.1) is 11.8 Å². The van der Waals surface area contributed by atoms with Crippen LogP contribution in [0.25, 0.3) is 0 Å². The maximum Gasteiger partial charge on any atom is 0.407 e. The van der Waals surface area contributed by atoms with E-state index in [0.29, 0.717) is 12.3 Å². The van der Waals surface area contributed by atoms with Gasteiger partial charge in [0.15, 0.2) is 6.29 Å². The molecule has 10 nitrogen and oxygen atoms in total. The van der Waals surface area contributed by atoms with E-state index >= 15 is 0 Å². The molecule has 38 heavy (non-hydrogen) atoms. The summed E-state index contributed by atoms with van der Waals surface area (Å²) in [4.78, 5) is 13.0. The number of carbonyl (C=O) groups is 1. The number of anilines is 1. The monoisotopic (exact) mass is 547 g/mol. The molecule has 2 heterocycles. The number of benzene rings is 2. The quantitative estimate of drug-likeness (QED) is 0.364. The Balaban J connectivity index is 1.51. The van der Waals surface area contributed by atoms with Crippen molar-refractivity contribution in [3.05, 3.63) is 60.2 Å². The number of ether oxygens (including phenoxy) is 3. The molecule has 4 rings (SSSR count). The number of fused-ring (bicyclic) bond motifs is 1. The Labute approximate surface area is 224 Å². The Hall–Kier alpha value is -2.70.